The summed E-state index contributed by atoms with van der Waals surface area (Å²) in [5, 5.41) is 9.53. The van der Waals surface area contributed by atoms with Crippen molar-refractivity contribution in [2.24, 2.45) is 5.10 Å². The second kappa shape index (κ2) is 11.6. The molecule has 0 amide bonds. The number of methoxy groups -OCH3 is 1. The van der Waals surface area contributed by atoms with Crippen LogP contribution >= 0.6 is 28.3 Å². The van der Waals surface area contributed by atoms with Crippen molar-refractivity contribution in [3.63, 3.8) is 0 Å². The number of benzene rings is 2. The van der Waals surface area contributed by atoms with E-state index in [0.717, 1.165) is 39.2 Å². The molecule has 6 rings (SSSR count). The minimum Gasteiger partial charge on any atom is -0.497 e. The Hall–Kier alpha value is -3.03. The van der Waals surface area contributed by atoms with Crippen LogP contribution in [0.5, 0.6) is 5.75 Å². The summed E-state index contributed by atoms with van der Waals surface area (Å²) in [5.41, 5.74) is 3.54. The van der Waals surface area contributed by atoms with E-state index in [9.17, 15) is 8.42 Å². The number of rotatable bonds is 7. The fraction of sp³-hybridized carbons (Fsp3) is 0.259. The Balaban J connectivity index is 0.00000308. The zero-order valence-electron chi connectivity index (χ0n) is 21.1. The molecule has 2 aliphatic heterocycles. The van der Waals surface area contributed by atoms with Gasteiger partial charge in [-0.15, -0.1) is 28.3 Å². The lowest BCUT2D eigenvalue weighted by Crippen LogP contribution is -2.40. The maximum atomic E-state index is 13.0. The summed E-state index contributed by atoms with van der Waals surface area (Å²) in [7, 11) is -1.90. The highest BCUT2D eigenvalue weighted by atomic mass is 79.9. The number of hydrazone groups is 1. The van der Waals surface area contributed by atoms with Gasteiger partial charge in [0.05, 0.1) is 42.9 Å². The molecule has 0 spiro atoms. The minimum absolute atomic E-state index is 0. The normalized spacial score (nSPS) is 18.0. The van der Waals surface area contributed by atoms with Crippen LogP contribution in [0.4, 0.5) is 5.13 Å². The van der Waals surface area contributed by atoms with Crippen molar-refractivity contribution in [3.8, 4) is 17.0 Å². The number of aromatic nitrogens is 1. The number of sulfonamides is 1. The standard InChI is InChI=1S/C27H26N4O5S2.BrH/c1-34-21-8-4-19(5-9-21)23-17-25(26-3-2-14-36-26)31(29-23)27-28-24(18-37-27)20-6-10-22(11-7-20)38(32,33)30-12-15-35-16-13-30;/h2-11,14,18,25H,12-13,15-17H2,1H3;1H. The van der Waals surface area contributed by atoms with E-state index in [1.165, 1.54) is 15.6 Å². The van der Waals surface area contributed by atoms with Crippen LogP contribution < -0.4 is 9.75 Å². The van der Waals surface area contributed by atoms with Crippen molar-refractivity contribution in [3.05, 3.63) is 83.6 Å². The first kappa shape index (κ1) is 27.5. The largest absolute Gasteiger partial charge is 0.497 e. The molecular formula is C27H27BrN4O5S2. The van der Waals surface area contributed by atoms with E-state index < -0.39 is 10.0 Å². The van der Waals surface area contributed by atoms with Crippen LogP contribution in [0.3, 0.4) is 0 Å². The van der Waals surface area contributed by atoms with Crippen LogP contribution in [-0.2, 0) is 14.8 Å². The molecule has 0 saturated carbocycles. The van der Waals surface area contributed by atoms with Gasteiger partial charge >= 0.3 is 0 Å². The molecule has 2 aromatic heterocycles. The highest BCUT2D eigenvalue weighted by Crippen LogP contribution is 2.39. The number of nitrogens with zero attached hydrogens (tertiary/aromatic N) is 4. The molecule has 1 unspecified atom stereocenters. The van der Waals surface area contributed by atoms with Crippen molar-refractivity contribution >= 4 is 49.2 Å². The van der Waals surface area contributed by atoms with Crippen LogP contribution in [0.25, 0.3) is 11.3 Å². The SMILES string of the molecule is Br.COc1ccc(C2=NN(c3nc(-c4ccc(S(=O)(=O)N5CCOCC5)cc4)cs3)C(c3ccco3)C2)cc1. The van der Waals surface area contributed by atoms with Gasteiger partial charge in [-0.25, -0.2) is 18.4 Å². The first-order chi connectivity index (χ1) is 18.5. The molecular weight excluding hydrogens is 604 g/mol. The Bertz CT molecular complexity index is 1530. The summed E-state index contributed by atoms with van der Waals surface area (Å²) in [6.07, 6.45) is 2.33. The Kier molecular flexibility index (Phi) is 8.19. The Labute approximate surface area is 241 Å². The summed E-state index contributed by atoms with van der Waals surface area (Å²) >= 11 is 1.48. The molecule has 2 aliphatic rings. The first-order valence-electron chi connectivity index (χ1n) is 12.2. The van der Waals surface area contributed by atoms with Gasteiger partial charge in [-0.2, -0.15) is 9.41 Å². The molecule has 0 radical (unpaired) electrons. The summed E-state index contributed by atoms with van der Waals surface area (Å²) in [6, 6.07) is 18.4. The van der Waals surface area contributed by atoms with Gasteiger partial charge in [0.25, 0.3) is 0 Å². The second-order valence-electron chi connectivity index (χ2n) is 8.91. The van der Waals surface area contributed by atoms with E-state index in [1.807, 2.05) is 46.8 Å². The average Bonchev–Trinajstić information content (AvgIpc) is 3.74. The van der Waals surface area contributed by atoms with Crippen molar-refractivity contribution in [1.82, 2.24) is 9.29 Å². The molecule has 204 valence electrons. The Morgan fingerprint density at radius 2 is 1.72 bits per heavy atom. The van der Waals surface area contributed by atoms with Crippen LogP contribution in [0.2, 0.25) is 0 Å². The lowest BCUT2D eigenvalue weighted by molar-refractivity contribution is 0.0730. The number of hydrogen-bond donors (Lipinski definition) is 0. The predicted molar refractivity (Wildman–Crippen MR) is 156 cm³/mol. The Morgan fingerprint density at radius 1 is 1.00 bits per heavy atom. The van der Waals surface area contributed by atoms with E-state index in [-0.39, 0.29) is 27.9 Å². The fourth-order valence-electron chi connectivity index (χ4n) is 4.58. The number of hydrogen-bond acceptors (Lipinski definition) is 9. The third-order valence-corrected chi connectivity index (χ3v) is 9.39. The summed E-state index contributed by atoms with van der Waals surface area (Å²) < 4.78 is 43.7. The van der Waals surface area contributed by atoms with Gasteiger partial charge in [0.1, 0.15) is 17.6 Å². The molecule has 12 heteroatoms. The molecule has 4 aromatic rings. The molecule has 0 bridgehead atoms. The Morgan fingerprint density at radius 3 is 2.38 bits per heavy atom. The fourth-order valence-corrected chi connectivity index (χ4v) is 6.82. The zero-order chi connectivity index (χ0) is 26.1. The average molecular weight is 632 g/mol. The third kappa shape index (κ3) is 5.52. The van der Waals surface area contributed by atoms with E-state index in [2.05, 4.69) is 0 Å². The van der Waals surface area contributed by atoms with E-state index in [1.54, 1.807) is 37.6 Å². The molecule has 9 nitrogen and oxygen atoms in total. The number of anilines is 1. The maximum Gasteiger partial charge on any atom is 0.243 e. The number of halogens is 1. The number of thiazole rings is 1. The molecule has 4 heterocycles. The number of ether oxygens (including phenoxy) is 2. The van der Waals surface area contributed by atoms with E-state index >= 15 is 0 Å². The van der Waals surface area contributed by atoms with Gasteiger partial charge in [0.15, 0.2) is 0 Å². The van der Waals surface area contributed by atoms with Gasteiger partial charge in [-0.3, -0.25) is 0 Å². The van der Waals surface area contributed by atoms with Gasteiger partial charge in [0, 0.05) is 30.5 Å². The number of furan rings is 1. The smallest absolute Gasteiger partial charge is 0.243 e. The van der Waals surface area contributed by atoms with Gasteiger partial charge < -0.3 is 13.9 Å². The molecule has 1 saturated heterocycles. The van der Waals surface area contributed by atoms with Crippen molar-refractivity contribution < 1.29 is 22.3 Å². The quantitative estimate of drug-likeness (QED) is 0.271. The molecule has 1 fully saturated rings. The third-order valence-electron chi connectivity index (χ3n) is 6.65. The topological polar surface area (TPSA) is 97.5 Å². The molecule has 1 atom stereocenters. The summed E-state index contributed by atoms with van der Waals surface area (Å²) in [6.45, 7) is 1.56. The van der Waals surface area contributed by atoms with Crippen molar-refractivity contribution in [2.75, 3.05) is 38.4 Å². The van der Waals surface area contributed by atoms with E-state index in [4.69, 9.17) is 24.0 Å². The van der Waals surface area contributed by atoms with Crippen molar-refractivity contribution in [1.29, 1.82) is 0 Å². The summed E-state index contributed by atoms with van der Waals surface area (Å²) in [5.74, 6) is 1.60. The van der Waals surface area contributed by atoms with Crippen LogP contribution in [0, 0.1) is 0 Å². The first-order valence-corrected chi connectivity index (χ1v) is 14.5. The van der Waals surface area contributed by atoms with Gasteiger partial charge in [0.2, 0.25) is 15.2 Å². The van der Waals surface area contributed by atoms with E-state index in [0.29, 0.717) is 32.7 Å². The summed E-state index contributed by atoms with van der Waals surface area (Å²) in [4.78, 5) is 5.13. The van der Waals surface area contributed by atoms with Crippen LogP contribution in [0.15, 0.2) is 86.7 Å². The monoisotopic (exact) mass is 630 g/mol. The van der Waals surface area contributed by atoms with Crippen LogP contribution in [-0.4, -0.2) is 56.8 Å². The van der Waals surface area contributed by atoms with Crippen LogP contribution in [0.1, 0.15) is 23.8 Å². The molecule has 2 aromatic carbocycles. The van der Waals surface area contributed by atoms with Gasteiger partial charge in [-0.05, 0) is 54.1 Å². The minimum atomic E-state index is -3.55. The number of morpholine rings is 1. The highest BCUT2D eigenvalue weighted by Gasteiger charge is 2.33. The lowest BCUT2D eigenvalue weighted by Gasteiger charge is -2.26. The predicted octanol–water partition coefficient (Wildman–Crippen LogP) is 5.37. The second-order valence-corrected chi connectivity index (χ2v) is 11.7. The molecule has 39 heavy (non-hydrogen) atoms. The van der Waals surface area contributed by atoms with Gasteiger partial charge in [-0.1, -0.05) is 12.1 Å². The van der Waals surface area contributed by atoms with Crippen molar-refractivity contribution in [2.45, 2.75) is 17.4 Å². The lowest BCUT2D eigenvalue weighted by atomic mass is 10.0. The molecule has 0 N–H and O–H groups in total. The zero-order valence-corrected chi connectivity index (χ0v) is 24.4. The maximum absolute atomic E-state index is 13.0. The highest BCUT2D eigenvalue weighted by molar-refractivity contribution is 8.93. The molecule has 0 aliphatic carbocycles.